The van der Waals surface area contributed by atoms with Crippen molar-refractivity contribution >= 4 is 11.6 Å². The van der Waals surface area contributed by atoms with E-state index in [1.807, 2.05) is 24.3 Å². The van der Waals surface area contributed by atoms with Gasteiger partial charge in [-0.25, -0.2) is 0 Å². The van der Waals surface area contributed by atoms with E-state index in [1.54, 1.807) is 38.3 Å². The fraction of sp³-hybridized carbons (Fsp3) is 0.167. The normalized spacial score (nSPS) is 10.3. The van der Waals surface area contributed by atoms with Crippen LogP contribution in [0.3, 0.4) is 0 Å². The molecule has 1 heterocycles. The van der Waals surface area contributed by atoms with Crippen molar-refractivity contribution < 1.29 is 18.8 Å². The Kier molecular flexibility index (Phi) is 4.94. The first-order valence-corrected chi connectivity index (χ1v) is 7.63. The van der Waals surface area contributed by atoms with Gasteiger partial charge in [-0.3, -0.25) is 4.79 Å². The van der Waals surface area contributed by atoms with Crippen molar-refractivity contribution in [2.45, 2.75) is 6.92 Å². The van der Waals surface area contributed by atoms with Gasteiger partial charge in [0.2, 0.25) is 11.7 Å². The van der Waals surface area contributed by atoms with Gasteiger partial charge >= 0.3 is 0 Å². The number of nitrogens with one attached hydrogen (secondary N) is 1. The number of hydrogen-bond acceptors (Lipinski definition) is 6. The molecule has 3 aromatic rings. The van der Waals surface area contributed by atoms with E-state index in [1.165, 1.54) is 0 Å². The van der Waals surface area contributed by atoms with Crippen molar-refractivity contribution in [2.75, 3.05) is 19.0 Å². The van der Waals surface area contributed by atoms with Crippen LogP contribution in [0.25, 0.3) is 11.4 Å². The standard InChI is InChI=1S/C18H17N3O4/c1-12-19-18(21-25-12)13-7-3-5-9-15(13)24-11-17(22)20-14-8-4-6-10-16(14)23-2/h3-10H,11H2,1-2H3,(H,20,22). The Labute approximate surface area is 144 Å². The van der Waals surface area contributed by atoms with Crippen LogP contribution >= 0.6 is 0 Å². The molecule has 0 radical (unpaired) electrons. The number of carbonyl (C=O) groups is 1. The van der Waals surface area contributed by atoms with Crippen molar-refractivity contribution in [1.82, 2.24) is 10.1 Å². The first-order chi connectivity index (χ1) is 12.2. The summed E-state index contributed by atoms with van der Waals surface area (Å²) in [5.41, 5.74) is 1.24. The van der Waals surface area contributed by atoms with E-state index >= 15 is 0 Å². The summed E-state index contributed by atoms with van der Waals surface area (Å²) in [4.78, 5) is 16.3. The Morgan fingerprint density at radius 3 is 2.56 bits per heavy atom. The highest BCUT2D eigenvalue weighted by Crippen LogP contribution is 2.28. The Balaban J connectivity index is 1.69. The maximum absolute atomic E-state index is 12.2. The molecule has 0 aliphatic heterocycles. The average Bonchev–Trinajstić information content (AvgIpc) is 3.07. The summed E-state index contributed by atoms with van der Waals surface area (Å²) in [6.07, 6.45) is 0. The van der Waals surface area contributed by atoms with Gasteiger partial charge in [0.15, 0.2) is 6.61 Å². The van der Waals surface area contributed by atoms with Crippen LogP contribution in [0.5, 0.6) is 11.5 Å². The Morgan fingerprint density at radius 2 is 1.84 bits per heavy atom. The van der Waals surface area contributed by atoms with Gasteiger partial charge in [-0.2, -0.15) is 4.98 Å². The van der Waals surface area contributed by atoms with Crippen LogP contribution < -0.4 is 14.8 Å². The zero-order chi connectivity index (χ0) is 17.6. The van der Waals surface area contributed by atoms with Crippen molar-refractivity contribution in [1.29, 1.82) is 0 Å². The summed E-state index contributed by atoms with van der Waals surface area (Å²) < 4.78 is 15.8. The second kappa shape index (κ2) is 7.48. The number of aromatic nitrogens is 2. The van der Waals surface area contributed by atoms with Crippen molar-refractivity contribution in [2.24, 2.45) is 0 Å². The van der Waals surface area contributed by atoms with E-state index in [4.69, 9.17) is 14.0 Å². The summed E-state index contributed by atoms with van der Waals surface area (Å²) in [6, 6.07) is 14.4. The predicted molar refractivity (Wildman–Crippen MR) is 91.6 cm³/mol. The van der Waals surface area contributed by atoms with Crippen molar-refractivity contribution in [3.8, 4) is 22.9 Å². The largest absolute Gasteiger partial charge is 0.495 e. The number of anilines is 1. The van der Waals surface area contributed by atoms with E-state index in [2.05, 4.69) is 15.5 Å². The van der Waals surface area contributed by atoms with Crippen molar-refractivity contribution in [3.63, 3.8) is 0 Å². The van der Waals surface area contributed by atoms with E-state index < -0.39 is 0 Å². The molecule has 0 spiro atoms. The highest BCUT2D eigenvalue weighted by molar-refractivity contribution is 5.93. The molecule has 0 saturated heterocycles. The zero-order valence-electron chi connectivity index (χ0n) is 13.9. The maximum Gasteiger partial charge on any atom is 0.262 e. The van der Waals surface area contributed by atoms with Crippen molar-refractivity contribution in [3.05, 3.63) is 54.4 Å². The number of para-hydroxylation sites is 3. The number of hydrogen-bond donors (Lipinski definition) is 1. The molecule has 1 amide bonds. The molecule has 0 aliphatic rings. The van der Waals surface area contributed by atoms with Gasteiger partial charge in [0.05, 0.1) is 18.4 Å². The van der Waals surface area contributed by atoms with Gasteiger partial charge in [-0.1, -0.05) is 29.4 Å². The number of carbonyl (C=O) groups excluding carboxylic acids is 1. The molecular weight excluding hydrogens is 322 g/mol. The number of benzene rings is 2. The molecule has 0 fully saturated rings. The van der Waals surface area contributed by atoms with Crippen LogP contribution in [0.15, 0.2) is 53.1 Å². The number of ether oxygens (including phenoxy) is 2. The topological polar surface area (TPSA) is 86.5 Å². The SMILES string of the molecule is COc1ccccc1NC(=O)COc1ccccc1-c1noc(C)n1. The number of aryl methyl sites for hydroxylation is 1. The van der Waals surface area contributed by atoms with E-state index in [9.17, 15) is 4.79 Å². The molecule has 2 aromatic carbocycles. The first-order valence-electron chi connectivity index (χ1n) is 7.63. The second-order valence-corrected chi connectivity index (χ2v) is 5.17. The number of rotatable bonds is 6. The number of amides is 1. The zero-order valence-corrected chi connectivity index (χ0v) is 13.9. The molecule has 0 unspecified atom stereocenters. The number of nitrogens with zero attached hydrogens (tertiary/aromatic N) is 2. The fourth-order valence-corrected chi connectivity index (χ4v) is 2.26. The Morgan fingerprint density at radius 1 is 1.12 bits per heavy atom. The smallest absolute Gasteiger partial charge is 0.262 e. The third kappa shape index (κ3) is 3.95. The van der Waals surface area contributed by atoms with Crippen LogP contribution in [-0.4, -0.2) is 29.8 Å². The van der Waals surface area contributed by atoms with Gasteiger partial charge < -0.3 is 19.3 Å². The Bertz CT molecular complexity index is 876. The lowest BCUT2D eigenvalue weighted by Crippen LogP contribution is -2.20. The minimum Gasteiger partial charge on any atom is -0.495 e. The lowest BCUT2D eigenvalue weighted by molar-refractivity contribution is -0.118. The molecule has 0 atom stereocenters. The lowest BCUT2D eigenvalue weighted by Gasteiger charge is -2.11. The quantitative estimate of drug-likeness (QED) is 0.743. The van der Waals surface area contributed by atoms with E-state index in [-0.39, 0.29) is 12.5 Å². The predicted octanol–water partition coefficient (Wildman–Crippen LogP) is 3.07. The summed E-state index contributed by atoms with van der Waals surface area (Å²) in [6.45, 7) is 1.55. The third-order valence-electron chi connectivity index (χ3n) is 3.40. The van der Waals surface area contributed by atoms with E-state index in [0.29, 0.717) is 34.5 Å². The number of methoxy groups -OCH3 is 1. The molecule has 128 valence electrons. The summed E-state index contributed by atoms with van der Waals surface area (Å²) in [7, 11) is 1.55. The molecule has 1 aromatic heterocycles. The highest BCUT2D eigenvalue weighted by atomic mass is 16.5. The molecule has 3 rings (SSSR count). The molecule has 7 heteroatoms. The summed E-state index contributed by atoms with van der Waals surface area (Å²) >= 11 is 0. The maximum atomic E-state index is 12.2. The molecule has 0 aliphatic carbocycles. The molecule has 0 saturated carbocycles. The van der Waals surface area contributed by atoms with Crippen LogP contribution in [0.1, 0.15) is 5.89 Å². The van der Waals surface area contributed by atoms with Crippen LogP contribution in [0.4, 0.5) is 5.69 Å². The average molecular weight is 339 g/mol. The monoisotopic (exact) mass is 339 g/mol. The lowest BCUT2D eigenvalue weighted by atomic mass is 10.2. The van der Waals surface area contributed by atoms with Gasteiger partial charge in [0.1, 0.15) is 11.5 Å². The Hall–Kier alpha value is -3.35. The molecule has 0 bridgehead atoms. The molecule has 25 heavy (non-hydrogen) atoms. The summed E-state index contributed by atoms with van der Waals surface area (Å²) in [5.74, 6) is 1.65. The van der Waals surface area contributed by atoms with Crippen LogP contribution in [-0.2, 0) is 4.79 Å². The van der Waals surface area contributed by atoms with Gasteiger partial charge in [0, 0.05) is 6.92 Å². The summed E-state index contributed by atoms with van der Waals surface area (Å²) in [5, 5.41) is 6.64. The molecule has 1 N–H and O–H groups in total. The van der Waals surface area contributed by atoms with Crippen LogP contribution in [0.2, 0.25) is 0 Å². The fourth-order valence-electron chi connectivity index (χ4n) is 2.26. The minimum atomic E-state index is -0.302. The highest BCUT2D eigenvalue weighted by Gasteiger charge is 2.13. The van der Waals surface area contributed by atoms with Crippen LogP contribution in [0, 0.1) is 6.92 Å². The van der Waals surface area contributed by atoms with Gasteiger partial charge in [-0.15, -0.1) is 0 Å². The third-order valence-corrected chi connectivity index (χ3v) is 3.40. The van der Waals surface area contributed by atoms with Gasteiger partial charge in [0.25, 0.3) is 5.91 Å². The first kappa shape index (κ1) is 16.5. The van der Waals surface area contributed by atoms with Gasteiger partial charge in [-0.05, 0) is 24.3 Å². The molecule has 7 nitrogen and oxygen atoms in total. The molecular formula is C18H17N3O4. The second-order valence-electron chi connectivity index (χ2n) is 5.17. The van der Waals surface area contributed by atoms with E-state index in [0.717, 1.165) is 0 Å². The minimum absolute atomic E-state index is 0.161.